The third kappa shape index (κ3) is 3.47. The summed E-state index contributed by atoms with van der Waals surface area (Å²) in [6.07, 6.45) is -3.44. The maximum Gasteiger partial charge on any atom is 0.434 e. The summed E-state index contributed by atoms with van der Waals surface area (Å²) in [5.41, 5.74) is 1.13. The Hall–Kier alpha value is -2.50. The topological polar surface area (TPSA) is 17.8 Å². The van der Waals surface area contributed by atoms with Gasteiger partial charge in [0.25, 0.3) is 0 Å². The van der Waals surface area contributed by atoms with E-state index in [0.29, 0.717) is 17.6 Å². The number of benzene rings is 2. The number of nitrogens with zero attached hydrogens (tertiary/aromatic N) is 2. The SMILES string of the molecule is [B]c1ccc(-c2nc(C(F)(F)F)cn2Cc2ccccc2)cc1. The van der Waals surface area contributed by atoms with E-state index in [9.17, 15) is 13.2 Å². The molecule has 0 aliphatic rings. The second-order valence-corrected chi connectivity index (χ2v) is 5.18. The van der Waals surface area contributed by atoms with Gasteiger partial charge in [-0.3, -0.25) is 0 Å². The highest BCUT2D eigenvalue weighted by atomic mass is 19.4. The summed E-state index contributed by atoms with van der Waals surface area (Å²) < 4.78 is 40.5. The van der Waals surface area contributed by atoms with E-state index in [2.05, 4.69) is 4.98 Å². The van der Waals surface area contributed by atoms with Gasteiger partial charge in [0.1, 0.15) is 13.7 Å². The Morgan fingerprint density at radius 3 is 2.22 bits per heavy atom. The molecule has 3 aromatic rings. The molecule has 0 bridgehead atoms. The molecule has 2 radical (unpaired) electrons. The first kappa shape index (κ1) is 15.4. The summed E-state index contributed by atoms with van der Waals surface area (Å²) in [5.74, 6) is 0.265. The molecule has 0 saturated heterocycles. The van der Waals surface area contributed by atoms with Crippen LogP contribution in [-0.4, -0.2) is 17.4 Å². The van der Waals surface area contributed by atoms with Crippen LogP contribution in [0.5, 0.6) is 0 Å². The van der Waals surface area contributed by atoms with Crippen LogP contribution in [0.25, 0.3) is 11.4 Å². The van der Waals surface area contributed by atoms with Crippen LogP contribution in [0, 0.1) is 0 Å². The molecule has 0 aliphatic heterocycles. The molecular formula is C17H12BF3N2. The fourth-order valence-corrected chi connectivity index (χ4v) is 2.32. The van der Waals surface area contributed by atoms with Crippen molar-refractivity contribution in [3.8, 4) is 11.4 Å². The molecule has 1 heterocycles. The molecule has 0 aliphatic carbocycles. The third-order valence-electron chi connectivity index (χ3n) is 3.43. The minimum atomic E-state index is -4.48. The Morgan fingerprint density at radius 1 is 0.957 bits per heavy atom. The average Bonchev–Trinajstić information content (AvgIpc) is 2.93. The number of halogens is 3. The summed E-state index contributed by atoms with van der Waals surface area (Å²) >= 11 is 0. The highest BCUT2D eigenvalue weighted by Crippen LogP contribution is 2.31. The Balaban J connectivity index is 2.05. The van der Waals surface area contributed by atoms with Crippen LogP contribution in [0.1, 0.15) is 11.3 Å². The van der Waals surface area contributed by atoms with Gasteiger partial charge in [0.05, 0.1) is 0 Å². The van der Waals surface area contributed by atoms with Gasteiger partial charge in [0, 0.05) is 18.3 Å². The molecule has 0 unspecified atom stereocenters. The summed E-state index contributed by atoms with van der Waals surface area (Å²) in [4.78, 5) is 3.77. The lowest BCUT2D eigenvalue weighted by atomic mass is 9.95. The van der Waals surface area contributed by atoms with Gasteiger partial charge in [-0.1, -0.05) is 60.1 Å². The molecular weight excluding hydrogens is 300 g/mol. The zero-order chi connectivity index (χ0) is 16.4. The van der Waals surface area contributed by atoms with Crippen molar-refractivity contribution < 1.29 is 13.2 Å². The van der Waals surface area contributed by atoms with Gasteiger partial charge in [-0.05, 0) is 5.56 Å². The van der Waals surface area contributed by atoms with Crippen LogP contribution in [0.2, 0.25) is 0 Å². The van der Waals surface area contributed by atoms with E-state index >= 15 is 0 Å². The zero-order valence-corrected chi connectivity index (χ0v) is 12.1. The third-order valence-corrected chi connectivity index (χ3v) is 3.43. The highest BCUT2D eigenvalue weighted by Gasteiger charge is 2.34. The lowest BCUT2D eigenvalue weighted by molar-refractivity contribution is -0.140. The molecule has 0 fully saturated rings. The first-order valence-electron chi connectivity index (χ1n) is 6.98. The number of rotatable bonds is 3. The van der Waals surface area contributed by atoms with E-state index in [4.69, 9.17) is 7.85 Å². The van der Waals surface area contributed by atoms with E-state index in [0.717, 1.165) is 11.8 Å². The molecule has 0 amide bonds. The summed E-state index contributed by atoms with van der Waals surface area (Å²) in [5, 5.41) is 0. The Kier molecular flexibility index (Phi) is 3.98. The van der Waals surface area contributed by atoms with Crippen molar-refractivity contribution >= 4 is 13.3 Å². The van der Waals surface area contributed by atoms with Gasteiger partial charge in [-0.15, -0.1) is 0 Å². The van der Waals surface area contributed by atoms with Gasteiger partial charge >= 0.3 is 6.18 Å². The molecule has 6 heteroatoms. The van der Waals surface area contributed by atoms with Crippen LogP contribution in [0.3, 0.4) is 0 Å². The molecule has 0 N–H and O–H groups in total. The minimum absolute atomic E-state index is 0.265. The molecule has 2 nitrogen and oxygen atoms in total. The second-order valence-electron chi connectivity index (χ2n) is 5.18. The quantitative estimate of drug-likeness (QED) is 0.678. The predicted octanol–water partition coefficient (Wildman–Crippen LogP) is 3.41. The van der Waals surface area contributed by atoms with E-state index in [1.54, 1.807) is 24.3 Å². The van der Waals surface area contributed by atoms with Crippen molar-refractivity contribution in [2.75, 3.05) is 0 Å². The second kappa shape index (κ2) is 5.95. The smallest absolute Gasteiger partial charge is 0.326 e. The molecule has 2 aromatic carbocycles. The van der Waals surface area contributed by atoms with Crippen LogP contribution in [-0.2, 0) is 12.7 Å². The van der Waals surface area contributed by atoms with E-state index in [1.807, 2.05) is 30.3 Å². The van der Waals surface area contributed by atoms with Gasteiger partial charge in [-0.25, -0.2) is 4.98 Å². The maximum atomic E-state index is 13.0. The number of alkyl halides is 3. The number of aromatic nitrogens is 2. The Bertz CT molecular complexity index is 793. The molecule has 0 saturated carbocycles. The normalized spacial score (nSPS) is 11.6. The lowest BCUT2D eigenvalue weighted by Gasteiger charge is -2.08. The van der Waals surface area contributed by atoms with E-state index in [1.165, 1.54) is 4.57 Å². The van der Waals surface area contributed by atoms with Crippen molar-refractivity contribution in [3.63, 3.8) is 0 Å². The van der Waals surface area contributed by atoms with Gasteiger partial charge in [0.2, 0.25) is 0 Å². The monoisotopic (exact) mass is 312 g/mol. The van der Waals surface area contributed by atoms with Gasteiger partial charge in [0.15, 0.2) is 5.69 Å². The number of hydrogen-bond acceptors (Lipinski definition) is 1. The molecule has 1 aromatic heterocycles. The number of imidazole rings is 1. The van der Waals surface area contributed by atoms with Crippen LogP contribution < -0.4 is 5.46 Å². The van der Waals surface area contributed by atoms with E-state index < -0.39 is 11.9 Å². The number of hydrogen-bond donors (Lipinski definition) is 0. The van der Waals surface area contributed by atoms with Crippen molar-refractivity contribution in [2.24, 2.45) is 0 Å². The molecule has 0 atom stereocenters. The van der Waals surface area contributed by atoms with E-state index in [-0.39, 0.29) is 5.82 Å². The van der Waals surface area contributed by atoms with Gasteiger partial charge in [-0.2, -0.15) is 13.2 Å². The molecule has 23 heavy (non-hydrogen) atoms. The lowest BCUT2D eigenvalue weighted by Crippen LogP contribution is -2.05. The van der Waals surface area contributed by atoms with Crippen molar-refractivity contribution in [2.45, 2.75) is 12.7 Å². The minimum Gasteiger partial charge on any atom is -0.326 e. The summed E-state index contributed by atoms with van der Waals surface area (Å²) in [6.45, 7) is 0.309. The summed E-state index contributed by atoms with van der Waals surface area (Å²) in [7, 11) is 5.63. The Morgan fingerprint density at radius 2 is 1.61 bits per heavy atom. The van der Waals surface area contributed by atoms with Crippen LogP contribution in [0.15, 0.2) is 60.8 Å². The maximum absolute atomic E-state index is 13.0. The zero-order valence-electron chi connectivity index (χ0n) is 12.1. The van der Waals surface area contributed by atoms with Crippen molar-refractivity contribution in [1.82, 2.24) is 9.55 Å². The largest absolute Gasteiger partial charge is 0.434 e. The van der Waals surface area contributed by atoms with Crippen molar-refractivity contribution in [1.29, 1.82) is 0 Å². The average molecular weight is 312 g/mol. The van der Waals surface area contributed by atoms with Crippen LogP contribution >= 0.6 is 0 Å². The van der Waals surface area contributed by atoms with Crippen LogP contribution in [0.4, 0.5) is 13.2 Å². The fourth-order valence-electron chi connectivity index (χ4n) is 2.32. The first-order chi connectivity index (χ1) is 10.9. The van der Waals surface area contributed by atoms with Gasteiger partial charge < -0.3 is 4.57 Å². The molecule has 0 spiro atoms. The first-order valence-corrected chi connectivity index (χ1v) is 6.98. The standard InChI is InChI=1S/C17H12BF3N2/c18-14-8-6-13(7-9-14)16-22-15(17(19,20)21)11-23(16)10-12-4-2-1-3-5-12/h1-9,11H,10H2. The van der Waals surface area contributed by atoms with Crippen molar-refractivity contribution in [3.05, 3.63) is 72.1 Å². The predicted molar refractivity (Wildman–Crippen MR) is 83.6 cm³/mol. The molecule has 3 rings (SSSR count). The molecule has 114 valence electrons. The highest BCUT2D eigenvalue weighted by molar-refractivity contribution is 6.32. The summed E-state index contributed by atoms with van der Waals surface area (Å²) in [6, 6.07) is 15.9. The fraction of sp³-hybridized carbons (Fsp3) is 0.118. The Labute approximate surface area is 133 Å².